The van der Waals surface area contributed by atoms with Gasteiger partial charge in [-0.15, -0.1) is 11.3 Å². The summed E-state index contributed by atoms with van der Waals surface area (Å²) < 4.78 is 3.17. The lowest BCUT2D eigenvalue weighted by Crippen LogP contribution is -2.18. The summed E-state index contributed by atoms with van der Waals surface area (Å²) in [6, 6.07) is 18.0. The van der Waals surface area contributed by atoms with Crippen LogP contribution in [0.1, 0.15) is 21.6 Å². The van der Waals surface area contributed by atoms with Crippen LogP contribution in [0.3, 0.4) is 0 Å². The number of benzene rings is 1. The fourth-order valence-corrected chi connectivity index (χ4v) is 3.71. The van der Waals surface area contributed by atoms with Crippen LogP contribution in [-0.2, 0) is 6.54 Å². The van der Waals surface area contributed by atoms with Crippen molar-refractivity contribution >= 4 is 33.3 Å². The van der Waals surface area contributed by atoms with Crippen LogP contribution >= 0.6 is 11.3 Å². The molecule has 1 aromatic carbocycles. The third-order valence-corrected chi connectivity index (χ3v) is 5.03. The highest BCUT2D eigenvalue weighted by atomic mass is 32.1. The number of hydrogen-bond acceptors (Lipinski definition) is 3. The first-order chi connectivity index (χ1) is 12.2. The normalized spacial score (nSPS) is 10.9. The van der Waals surface area contributed by atoms with Gasteiger partial charge in [0.2, 0.25) is 0 Å². The maximum atomic E-state index is 12.9. The summed E-state index contributed by atoms with van der Waals surface area (Å²) in [6.07, 6.45) is 1.68. The molecule has 0 aliphatic carbocycles. The molecular formula is C20H17N3OS. The van der Waals surface area contributed by atoms with Gasteiger partial charge >= 0.3 is 0 Å². The van der Waals surface area contributed by atoms with Crippen LogP contribution in [0.15, 0.2) is 66.2 Å². The molecular weight excluding hydrogens is 330 g/mol. The largest absolute Gasteiger partial charge is 0.331 e. The van der Waals surface area contributed by atoms with Crippen molar-refractivity contribution in [2.24, 2.45) is 0 Å². The molecule has 4 nitrogen and oxygen atoms in total. The van der Waals surface area contributed by atoms with Crippen molar-refractivity contribution in [1.82, 2.24) is 9.55 Å². The van der Waals surface area contributed by atoms with E-state index in [1.54, 1.807) is 17.5 Å². The van der Waals surface area contributed by atoms with Crippen LogP contribution < -0.4 is 5.32 Å². The Morgan fingerprint density at radius 3 is 2.80 bits per heavy atom. The summed E-state index contributed by atoms with van der Waals surface area (Å²) >= 11 is 1.64. The van der Waals surface area contributed by atoms with Gasteiger partial charge in [0.05, 0.1) is 10.2 Å². The number of fused-ring (bicyclic) bond motifs is 1. The van der Waals surface area contributed by atoms with Gasteiger partial charge in [0.1, 0.15) is 11.5 Å². The first-order valence-electron chi connectivity index (χ1n) is 8.06. The molecule has 25 heavy (non-hydrogen) atoms. The average molecular weight is 347 g/mol. The Balaban J connectivity index is 1.71. The highest BCUT2D eigenvalue weighted by Gasteiger charge is 2.17. The molecule has 1 amide bonds. The van der Waals surface area contributed by atoms with E-state index in [1.165, 1.54) is 0 Å². The smallest absolute Gasteiger partial charge is 0.273 e. The molecule has 124 valence electrons. The second-order valence-corrected chi connectivity index (χ2v) is 6.84. The van der Waals surface area contributed by atoms with Gasteiger partial charge in [0.25, 0.3) is 5.91 Å². The Hall–Kier alpha value is -2.92. The van der Waals surface area contributed by atoms with E-state index in [-0.39, 0.29) is 5.91 Å². The van der Waals surface area contributed by atoms with E-state index in [2.05, 4.69) is 38.4 Å². The summed E-state index contributed by atoms with van der Waals surface area (Å²) in [4.78, 5) is 17.1. The minimum atomic E-state index is -0.138. The topological polar surface area (TPSA) is 46.9 Å². The van der Waals surface area contributed by atoms with E-state index < -0.39 is 0 Å². The maximum Gasteiger partial charge on any atom is 0.273 e. The highest BCUT2D eigenvalue weighted by molar-refractivity contribution is 7.17. The second kappa shape index (κ2) is 6.53. The van der Waals surface area contributed by atoms with Gasteiger partial charge in [-0.3, -0.25) is 4.79 Å². The lowest BCUT2D eigenvalue weighted by Gasteiger charge is -2.11. The van der Waals surface area contributed by atoms with Crippen molar-refractivity contribution in [3.05, 3.63) is 83.0 Å². The number of aromatic nitrogens is 2. The molecule has 0 aliphatic heterocycles. The van der Waals surface area contributed by atoms with Crippen LogP contribution in [0.4, 0.5) is 5.82 Å². The van der Waals surface area contributed by atoms with E-state index in [0.29, 0.717) is 18.1 Å². The summed E-state index contributed by atoms with van der Waals surface area (Å²) in [6.45, 7) is 2.59. The van der Waals surface area contributed by atoms with Gasteiger partial charge in [-0.25, -0.2) is 4.98 Å². The Morgan fingerprint density at radius 2 is 2.00 bits per heavy atom. The average Bonchev–Trinajstić information content (AvgIpc) is 3.21. The van der Waals surface area contributed by atoms with Gasteiger partial charge in [-0.1, -0.05) is 36.4 Å². The lowest BCUT2D eigenvalue weighted by atomic mass is 10.2. The zero-order valence-electron chi connectivity index (χ0n) is 13.8. The van der Waals surface area contributed by atoms with Crippen LogP contribution in [0, 0.1) is 6.92 Å². The number of rotatable bonds is 4. The highest BCUT2D eigenvalue weighted by Crippen LogP contribution is 2.27. The third-order valence-electron chi connectivity index (χ3n) is 4.18. The van der Waals surface area contributed by atoms with Crippen molar-refractivity contribution in [2.45, 2.75) is 13.5 Å². The zero-order valence-corrected chi connectivity index (χ0v) is 14.6. The minimum Gasteiger partial charge on any atom is -0.331 e. The predicted octanol–water partition coefficient (Wildman–Crippen LogP) is 4.71. The van der Waals surface area contributed by atoms with Crippen LogP contribution in [0.5, 0.6) is 0 Å². The zero-order chi connectivity index (χ0) is 17.2. The monoisotopic (exact) mass is 347 g/mol. The fraction of sp³-hybridized carbons (Fsp3) is 0.100. The lowest BCUT2D eigenvalue weighted by molar-refractivity contribution is 0.101. The van der Waals surface area contributed by atoms with E-state index in [1.807, 2.05) is 43.3 Å². The molecule has 4 aromatic rings. The van der Waals surface area contributed by atoms with Crippen molar-refractivity contribution in [3.63, 3.8) is 0 Å². The van der Waals surface area contributed by atoms with E-state index in [9.17, 15) is 4.79 Å². The molecule has 0 saturated carbocycles. The molecule has 5 heteroatoms. The number of carbonyl (C=O) groups excluding carboxylic acids is 1. The van der Waals surface area contributed by atoms with Crippen molar-refractivity contribution in [1.29, 1.82) is 0 Å². The molecule has 0 saturated heterocycles. The Morgan fingerprint density at radius 1 is 1.16 bits per heavy atom. The molecule has 0 spiro atoms. The first kappa shape index (κ1) is 15.6. The number of aryl methyl sites for hydroxylation is 1. The number of carbonyl (C=O) groups is 1. The molecule has 4 rings (SSSR count). The molecule has 0 fully saturated rings. The number of nitrogens with zero attached hydrogens (tertiary/aromatic N) is 2. The van der Waals surface area contributed by atoms with Gasteiger partial charge < -0.3 is 9.88 Å². The van der Waals surface area contributed by atoms with Crippen molar-refractivity contribution < 1.29 is 4.79 Å². The molecule has 1 N–H and O–H groups in total. The van der Waals surface area contributed by atoms with Crippen LogP contribution in [-0.4, -0.2) is 15.5 Å². The molecule has 0 bridgehead atoms. The van der Waals surface area contributed by atoms with Gasteiger partial charge in [-0.2, -0.15) is 0 Å². The number of thiophene rings is 1. The molecule has 0 unspecified atom stereocenters. The number of nitrogens with one attached hydrogen (secondary N) is 1. The second-order valence-electron chi connectivity index (χ2n) is 5.89. The van der Waals surface area contributed by atoms with Gasteiger partial charge in [0.15, 0.2) is 0 Å². The number of anilines is 1. The van der Waals surface area contributed by atoms with Crippen LogP contribution in [0.25, 0.3) is 10.2 Å². The van der Waals surface area contributed by atoms with Crippen molar-refractivity contribution in [3.8, 4) is 0 Å². The van der Waals surface area contributed by atoms with Gasteiger partial charge in [-0.05, 0) is 41.6 Å². The molecule has 0 radical (unpaired) electrons. The molecule has 3 heterocycles. The van der Waals surface area contributed by atoms with Gasteiger partial charge in [0, 0.05) is 12.7 Å². The maximum absolute atomic E-state index is 12.9. The standard InChI is InChI=1S/C20H17N3OS/c1-14-6-5-10-21-19(14)22-20(24)17-12-18-16(9-11-25-18)23(17)13-15-7-3-2-4-8-15/h2-12H,13H2,1H3,(H,21,22,24). The summed E-state index contributed by atoms with van der Waals surface area (Å²) in [5.74, 6) is 0.462. The Kier molecular flexibility index (Phi) is 4.07. The summed E-state index contributed by atoms with van der Waals surface area (Å²) in [5, 5.41) is 4.99. The number of pyridine rings is 1. The van der Waals surface area contributed by atoms with E-state index >= 15 is 0 Å². The van der Waals surface area contributed by atoms with E-state index in [4.69, 9.17) is 0 Å². The number of hydrogen-bond donors (Lipinski definition) is 1. The molecule has 0 atom stereocenters. The third kappa shape index (κ3) is 3.06. The number of amides is 1. The Bertz CT molecular complexity index is 1030. The summed E-state index contributed by atoms with van der Waals surface area (Å²) in [5.41, 5.74) is 3.83. The quantitative estimate of drug-likeness (QED) is 0.581. The SMILES string of the molecule is Cc1cccnc1NC(=O)c1cc2sccc2n1Cc1ccccc1. The Labute approximate surface area is 149 Å². The van der Waals surface area contributed by atoms with Crippen LogP contribution in [0.2, 0.25) is 0 Å². The fourth-order valence-electron chi connectivity index (χ4n) is 2.89. The minimum absolute atomic E-state index is 0.138. The first-order valence-corrected chi connectivity index (χ1v) is 8.94. The molecule has 0 aliphatic rings. The summed E-state index contributed by atoms with van der Waals surface area (Å²) in [7, 11) is 0. The molecule has 3 aromatic heterocycles. The van der Waals surface area contributed by atoms with Crippen molar-refractivity contribution in [2.75, 3.05) is 5.32 Å². The van der Waals surface area contributed by atoms with E-state index in [0.717, 1.165) is 21.3 Å². The predicted molar refractivity (Wildman–Crippen MR) is 102 cm³/mol.